The fourth-order valence-corrected chi connectivity index (χ4v) is 4.70. The summed E-state index contributed by atoms with van der Waals surface area (Å²) in [6.07, 6.45) is 7.63. The molecule has 0 unspecified atom stereocenters. The zero-order valence-corrected chi connectivity index (χ0v) is 18.8. The van der Waals surface area contributed by atoms with Gasteiger partial charge in [-0.15, -0.1) is 11.3 Å². The van der Waals surface area contributed by atoms with Crippen LogP contribution in [0, 0.1) is 17.1 Å². The van der Waals surface area contributed by atoms with Crippen molar-refractivity contribution in [3.8, 4) is 16.5 Å². The monoisotopic (exact) mass is 482 g/mol. The normalized spacial score (nSPS) is 11.7. The summed E-state index contributed by atoms with van der Waals surface area (Å²) in [5.41, 5.74) is 0.580. The van der Waals surface area contributed by atoms with Crippen LogP contribution in [0.4, 0.5) is 4.39 Å². The molecular formula is C22H16ClFN6O2S. The minimum absolute atomic E-state index is 0.0819. The van der Waals surface area contributed by atoms with E-state index in [4.69, 9.17) is 16.9 Å². The topological polar surface area (TPSA) is 98.0 Å². The van der Waals surface area contributed by atoms with E-state index >= 15 is 0 Å². The standard InChI is InChI=1S/C22H16ClFN6O2S/c1-28-13-14(12-27-28)11-26-6-8-30-21(31)20-18(29(22(30)32)7-2-5-25)10-19(33-20)16-4-3-15(24)9-17(16)23/h3-4,6,8-13H,2,7H2,1H3/b8-6+,26-11?. The molecule has 8 nitrogen and oxygen atoms in total. The van der Waals surface area contributed by atoms with Crippen molar-refractivity contribution in [3.63, 3.8) is 0 Å². The maximum Gasteiger partial charge on any atom is 0.335 e. The number of aliphatic imine (C=N–C) groups is 1. The Morgan fingerprint density at radius 3 is 2.85 bits per heavy atom. The lowest BCUT2D eigenvalue weighted by molar-refractivity contribution is 0.628. The third-order valence-corrected chi connectivity index (χ3v) is 6.21. The number of benzene rings is 1. The quantitative estimate of drug-likeness (QED) is 0.389. The van der Waals surface area contributed by atoms with Crippen LogP contribution in [0.15, 0.2) is 57.4 Å². The summed E-state index contributed by atoms with van der Waals surface area (Å²) >= 11 is 7.33. The summed E-state index contributed by atoms with van der Waals surface area (Å²) in [6.45, 7) is 0.103. The molecule has 166 valence electrons. The van der Waals surface area contributed by atoms with Gasteiger partial charge in [-0.2, -0.15) is 10.4 Å². The van der Waals surface area contributed by atoms with E-state index in [2.05, 4.69) is 10.1 Å². The lowest BCUT2D eigenvalue weighted by Gasteiger charge is -2.07. The van der Waals surface area contributed by atoms with Gasteiger partial charge in [0.25, 0.3) is 5.56 Å². The average Bonchev–Trinajstić information content (AvgIpc) is 3.39. The smallest absolute Gasteiger partial charge is 0.291 e. The largest absolute Gasteiger partial charge is 0.335 e. The number of thiophene rings is 1. The first-order valence-corrected chi connectivity index (χ1v) is 10.9. The van der Waals surface area contributed by atoms with Crippen LogP contribution in [0.1, 0.15) is 12.0 Å². The van der Waals surface area contributed by atoms with Crippen LogP contribution in [0.5, 0.6) is 0 Å². The van der Waals surface area contributed by atoms with Crippen molar-refractivity contribution in [1.29, 1.82) is 5.26 Å². The maximum absolute atomic E-state index is 13.5. The Morgan fingerprint density at radius 1 is 1.33 bits per heavy atom. The Labute approximate surface area is 195 Å². The average molecular weight is 483 g/mol. The number of nitrogens with zero attached hydrogens (tertiary/aromatic N) is 6. The zero-order chi connectivity index (χ0) is 23.5. The molecule has 3 heterocycles. The van der Waals surface area contributed by atoms with Crippen molar-refractivity contribution in [3.05, 3.63) is 80.1 Å². The highest BCUT2D eigenvalue weighted by molar-refractivity contribution is 7.22. The Bertz CT molecular complexity index is 1570. The molecular weight excluding hydrogens is 467 g/mol. The predicted octanol–water partition coefficient (Wildman–Crippen LogP) is 3.88. The molecule has 4 aromatic rings. The van der Waals surface area contributed by atoms with Crippen molar-refractivity contribution in [1.82, 2.24) is 18.9 Å². The zero-order valence-electron chi connectivity index (χ0n) is 17.3. The first-order valence-electron chi connectivity index (χ1n) is 9.69. The molecule has 33 heavy (non-hydrogen) atoms. The molecule has 11 heteroatoms. The highest BCUT2D eigenvalue weighted by atomic mass is 35.5. The van der Waals surface area contributed by atoms with Crippen LogP contribution in [0.25, 0.3) is 26.9 Å². The molecule has 0 radical (unpaired) electrons. The number of fused-ring (bicyclic) bond motifs is 1. The van der Waals surface area contributed by atoms with E-state index in [1.165, 1.54) is 35.2 Å². The molecule has 0 N–H and O–H groups in total. The number of hydrogen-bond donors (Lipinski definition) is 0. The maximum atomic E-state index is 13.5. The van der Waals surface area contributed by atoms with Crippen LogP contribution in [-0.2, 0) is 13.6 Å². The summed E-state index contributed by atoms with van der Waals surface area (Å²) < 4.78 is 17.7. The van der Waals surface area contributed by atoms with Gasteiger partial charge < -0.3 is 0 Å². The number of halogens is 2. The first kappa shape index (κ1) is 22.4. The molecule has 0 aliphatic carbocycles. The van der Waals surface area contributed by atoms with Gasteiger partial charge in [0.1, 0.15) is 10.5 Å². The third kappa shape index (κ3) is 4.55. The lowest BCUT2D eigenvalue weighted by Crippen LogP contribution is -2.36. The summed E-state index contributed by atoms with van der Waals surface area (Å²) in [7, 11) is 1.78. The molecule has 0 bridgehead atoms. The van der Waals surface area contributed by atoms with Crippen molar-refractivity contribution < 1.29 is 4.39 Å². The Kier molecular flexibility index (Phi) is 6.35. The predicted molar refractivity (Wildman–Crippen MR) is 127 cm³/mol. The van der Waals surface area contributed by atoms with Gasteiger partial charge in [-0.05, 0) is 24.3 Å². The lowest BCUT2D eigenvalue weighted by atomic mass is 10.2. The van der Waals surface area contributed by atoms with Crippen molar-refractivity contribution in [2.24, 2.45) is 12.0 Å². The highest BCUT2D eigenvalue weighted by Crippen LogP contribution is 2.36. The molecule has 0 amide bonds. The van der Waals surface area contributed by atoms with Crippen molar-refractivity contribution in [2.75, 3.05) is 0 Å². The van der Waals surface area contributed by atoms with E-state index in [1.807, 2.05) is 6.07 Å². The van der Waals surface area contributed by atoms with E-state index in [0.29, 0.717) is 20.7 Å². The fraction of sp³-hybridized carbons (Fsp3) is 0.136. The van der Waals surface area contributed by atoms with Gasteiger partial charge in [0.2, 0.25) is 0 Å². The summed E-state index contributed by atoms with van der Waals surface area (Å²) in [6, 6.07) is 7.65. The summed E-state index contributed by atoms with van der Waals surface area (Å²) in [5, 5.41) is 13.2. The first-order chi connectivity index (χ1) is 15.9. The number of aryl methyl sites for hydroxylation is 2. The molecule has 0 aliphatic heterocycles. The van der Waals surface area contributed by atoms with E-state index in [0.717, 1.165) is 21.5 Å². The van der Waals surface area contributed by atoms with E-state index < -0.39 is 17.1 Å². The second-order valence-corrected chi connectivity index (χ2v) is 8.45. The van der Waals surface area contributed by atoms with Gasteiger partial charge in [0.05, 0.1) is 29.2 Å². The third-order valence-electron chi connectivity index (χ3n) is 4.75. The van der Waals surface area contributed by atoms with Crippen molar-refractivity contribution >= 4 is 45.6 Å². The number of hydrogen-bond acceptors (Lipinski definition) is 6. The van der Waals surface area contributed by atoms with Crippen LogP contribution in [0.3, 0.4) is 0 Å². The highest BCUT2D eigenvalue weighted by Gasteiger charge is 2.17. The minimum Gasteiger partial charge on any atom is -0.291 e. The van der Waals surface area contributed by atoms with Gasteiger partial charge >= 0.3 is 5.69 Å². The molecule has 0 atom stereocenters. The molecule has 3 aromatic heterocycles. The number of nitriles is 1. The van der Waals surface area contributed by atoms with Crippen LogP contribution in [0.2, 0.25) is 5.02 Å². The van der Waals surface area contributed by atoms with Crippen molar-refractivity contribution in [2.45, 2.75) is 13.0 Å². The van der Waals surface area contributed by atoms with E-state index in [-0.39, 0.29) is 18.0 Å². The molecule has 0 aliphatic rings. The van der Waals surface area contributed by atoms with E-state index in [1.54, 1.807) is 36.4 Å². The number of aromatic nitrogens is 4. The van der Waals surface area contributed by atoms with E-state index in [9.17, 15) is 14.0 Å². The molecule has 4 rings (SSSR count). The molecule has 0 saturated carbocycles. The molecule has 0 saturated heterocycles. The second kappa shape index (κ2) is 9.36. The second-order valence-electron chi connectivity index (χ2n) is 6.99. The Hall–Kier alpha value is -3.81. The van der Waals surface area contributed by atoms with Gasteiger partial charge in [-0.1, -0.05) is 11.6 Å². The molecule has 1 aromatic carbocycles. The van der Waals surface area contributed by atoms with Crippen LogP contribution >= 0.6 is 22.9 Å². The molecule has 0 spiro atoms. The Morgan fingerprint density at radius 2 is 2.15 bits per heavy atom. The van der Waals surface area contributed by atoms with Gasteiger partial charge in [-0.3, -0.25) is 19.0 Å². The number of rotatable bonds is 6. The van der Waals surface area contributed by atoms with Gasteiger partial charge in [0, 0.05) is 54.4 Å². The summed E-state index contributed by atoms with van der Waals surface area (Å²) in [5.74, 6) is -0.477. The fourth-order valence-electron chi connectivity index (χ4n) is 3.24. The van der Waals surface area contributed by atoms with Gasteiger partial charge in [0.15, 0.2) is 0 Å². The minimum atomic E-state index is -0.592. The SMILES string of the molecule is Cn1cc(C=N/C=C/n2c(=O)c3sc(-c4ccc(F)cc4Cl)cc3n(CCC#N)c2=O)cn1. The Balaban J connectivity index is 1.83. The van der Waals surface area contributed by atoms with Crippen LogP contribution < -0.4 is 11.2 Å². The molecule has 0 fully saturated rings. The van der Waals surface area contributed by atoms with Gasteiger partial charge in [-0.25, -0.2) is 13.8 Å². The summed E-state index contributed by atoms with van der Waals surface area (Å²) in [4.78, 5) is 30.9. The van der Waals surface area contributed by atoms with Crippen LogP contribution in [-0.4, -0.2) is 25.1 Å².